The Balaban J connectivity index is 1.49. The molecular formula is C34H39N3O4. The zero-order valence-corrected chi connectivity index (χ0v) is 24.0. The molecule has 4 aromatic rings. The molecule has 1 aromatic heterocycles. The molecule has 0 bridgehead atoms. The number of nitrogens with zero attached hydrogens (tertiary/aromatic N) is 1. The van der Waals surface area contributed by atoms with E-state index < -0.39 is 6.10 Å². The van der Waals surface area contributed by atoms with Crippen LogP contribution >= 0.6 is 0 Å². The number of nitrogens with one attached hydrogen (secondary N) is 2. The zero-order valence-electron chi connectivity index (χ0n) is 24.0. The highest BCUT2D eigenvalue weighted by molar-refractivity contribution is 6.04. The van der Waals surface area contributed by atoms with Crippen LogP contribution in [0.1, 0.15) is 69.2 Å². The Labute approximate surface area is 242 Å². The maximum absolute atomic E-state index is 13.0. The predicted octanol–water partition coefficient (Wildman–Crippen LogP) is 6.46. The van der Waals surface area contributed by atoms with Crippen LogP contribution in [0.4, 0.5) is 11.4 Å². The second kappa shape index (κ2) is 14.3. The lowest BCUT2D eigenvalue weighted by Gasteiger charge is -2.26. The fraction of sp³-hybridized carbons (Fsp3) is 0.294. The first kappa shape index (κ1) is 29.6. The third-order valence-corrected chi connectivity index (χ3v) is 7.05. The first-order chi connectivity index (χ1) is 19.9. The number of rotatable bonds is 13. The van der Waals surface area contributed by atoms with Crippen LogP contribution in [0.3, 0.4) is 0 Å². The highest BCUT2D eigenvalue weighted by atomic mass is 16.3. The lowest BCUT2D eigenvalue weighted by atomic mass is 10.0. The molecule has 3 N–H and O–H groups in total. The van der Waals surface area contributed by atoms with Gasteiger partial charge in [0, 0.05) is 36.6 Å². The highest BCUT2D eigenvalue weighted by Gasteiger charge is 2.17. The lowest BCUT2D eigenvalue weighted by Crippen LogP contribution is -2.28. The summed E-state index contributed by atoms with van der Waals surface area (Å²) in [5, 5.41) is 16.2. The van der Waals surface area contributed by atoms with Gasteiger partial charge in [0.15, 0.2) is 5.76 Å². The standard InChI is InChI=1S/C34H39N3O4/c1-4-20-37(30-15-9-8-11-24(30)2)21-10-14-26-17-18-28(22-29(26)36-34(40)32-19-16-25(3)41-32)33(39)35-23-31(38)27-12-6-5-7-13-27/h5-9,11-13,15-19,22,31,38H,4,10,14,20-21,23H2,1-3H3,(H,35,39)(H,36,40)/t31-/m0/s1. The number of aryl methyl sites for hydroxylation is 3. The van der Waals surface area contributed by atoms with Gasteiger partial charge in [-0.15, -0.1) is 0 Å². The summed E-state index contributed by atoms with van der Waals surface area (Å²) in [4.78, 5) is 28.4. The number of amides is 2. The lowest BCUT2D eigenvalue weighted by molar-refractivity contribution is 0.0915. The fourth-order valence-electron chi connectivity index (χ4n) is 4.88. The van der Waals surface area contributed by atoms with Gasteiger partial charge in [-0.3, -0.25) is 9.59 Å². The SMILES string of the molecule is CCCN(CCCc1ccc(C(=O)NC[C@H](O)c2ccccc2)cc1NC(=O)c1ccc(C)o1)c1ccccc1C. The van der Waals surface area contributed by atoms with E-state index in [0.29, 0.717) is 23.4 Å². The number of anilines is 2. The monoisotopic (exact) mass is 553 g/mol. The van der Waals surface area contributed by atoms with Crippen molar-refractivity contribution in [3.05, 3.63) is 119 Å². The van der Waals surface area contributed by atoms with E-state index in [1.807, 2.05) is 36.4 Å². The second-order valence-corrected chi connectivity index (χ2v) is 10.2. The van der Waals surface area contributed by atoms with Crippen LogP contribution < -0.4 is 15.5 Å². The minimum absolute atomic E-state index is 0.0735. The summed E-state index contributed by atoms with van der Waals surface area (Å²) >= 11 is 0. The predicted molar refractivity (Wildman–Crippen MR) is 164 cm³/mol. The summed E-state index contributed by atoms with van der Waals surface area (Å²) in [5.41, 5.74) is 5.11. The molecule has 0 saturated heterocycles. The Morgan fingerprint density at radius 3 is 2.37 bits per heavy atom. The quantitative estimate of drug-likeness (QED) is 0.177. The van der Waals surface area contributed by atoms with Crippen molar-refractivity contribution in [2.45, 2.75) is 46.1 Å². The Bertz CT molecular complexity index is 1450. The van der Waals surface area contributed by atoms with Crippen LogP contribution in [0.2, 0.25) is 0 Å². The van der Waals surface area contributed by atoms with Crippen molar-refractivity contribution < 1.29 is 19.1 Å². The number of benzene rings is 3. The largest absolute Gasteiger partial charge is 0.456 e. The maximum Gasteiger partial charge on any atom is 0.291 e. The van der Waals surface area contributed by atoms with Gasteiger partial charge in [0.25, 0.3) is 11.8 Å². The molecule has 214 valence electrons. The molecule has 0 radical (unpaired) electrons. The number of para-hydroxylation sites is 1. The summed E-state index contributed by atoms with van der Waals surface area (Å²) in [6.45, 7) is 7.99. The molecule has 0 fully saturated rings. The maximum atomic E-state index is 13.0. The smallest absolute Gasteiger partial charge is 0.291 e. The molecule has 7 nitrogen and oxygen atoms in total. The number of carbonyl (C=O) groups excluding carboxylic acids is 2. The van der Waals surface area contributed by atoms with Gasteiger partial charge in [0.2, 0.25) is 0 Å². The molecule has 0 spiro atoms. The van der Waals surface area contributed by atoms with Crippen LogP contribution in [0.15, 0.2) is 89.3 Å². The molecule has 1 atom stereocenters. The average Bonchev–Trinajstić information content (AvgIpc) is 3.43. The molecule has 41 heavy (non-hydrogen) atoms. The molecular weight excluding hydrogens is 514 g/mol. The van der Waals surface area contributed by atoms with Crippen molar-refractivity contribution >= 4 is 23.2 Å². The number of hydrogen-bond donors (Lipinski definition) is 3. The molecule has 0 aliphatic rings. The summed E-state index contributed by atoms with van der Waals surface area (Å²) < 4.78 is 5.52. The van der Waals surface area contributed by atoms with Gasteiger partial charge in [-0.1, -0.05) is 61.5 Å². The zero-order chi connectivity index (χ0) is 29.2. The first-order valence-electron chi connectivity index (χ1n) is 14.2. The molecule has 7 heteroatoms. The van der Waals surface area contributed by atoms with Gasteiger partial charge < -0.3 is 25.1 Å². The minimum atomic E-state index is -0.819. The molecule has 0 unspecified atom stereocenters. The van der Waals surface area contributed by atoms with Crippen LogP contribution in [-0.4, -0.2) is 36.6 Å². The van der Waals surface area contributed by atoms with Crippen molar-refractivity contribution in [2.75, 3.05) is 29.9 Å². The molecule has 0 saturated carbocycles. The van der Waals surface area contributed by atoms with Crippen LogP contribution in [0, 0.1) is 13.8 Å². The topological polar surface area (TPSA) is 94.8 Å². The number of hydrogen-bond acceptors (Lipinski definition) is 5. The highest BCUT2D eigenvalue weighted by Crippen LogP contribution is 2.24. The van der Waals surface area contributed by atoms with Crippen molar-refractivity contribution in [3.8, 4) is 0 Å². The normalized spacial score (nSPS) is 11.6. The van der Waals surface area contributed by atoms with Gasteiger partial charge in [-0.25, -0.2) is 0 Å². The minimum Gasteiger partial charge on any atom is -0.456 e. The average molecular weight is 554 g/mol. The Kier molecular flexibility index (Phi) is 10.3. The van der Waals surface area contributed by atoms with E-state index in [0.717, 1.165) is 37.1 Å². The summed E-state index contributed by atoms with van der Waals surface area (Å²) in [6.07, 6.45) is 1.81. The Hall–Kier alpha value is -4.36. The molecule has 1 heterocycles. The molecule has 3 aromatic carbocycles. The van der Waals surface area contributed by atoms with E-state index in [9.17, 15) is 14.7 Å². The summed E-state index contributed by atoms with van der Waals surface area (Å²) in [6, 6.07) is 26.3. The van der Waals surface area contributed by atoms with Crippen molar-refractivity contribution in [1.29, 1.82) is 0 Å². The van der Waals surface area contributed by atoms with Gasteiger partial charge in [-0.05, 0) is 80.1 Å². The summed E-state index contributed by atoms with van der Waals surface area (Å²) in [5.74, 6) is 0.157. The van der Waals surface area contributed by atoms with Crippen LogP contribution in [-0.2, 0) is 6.42 Å². The number of aliphatic hydroxyl groups excluding tert-OH is 1. The Morgan fingerprint density at radius 1 is 0.902 bits per heavy atom. The number of furan rings is 1. The van der Waals surface area contributed by atoms with E-state index in [2.05, 4.69) is 53.6 Å². The van der Waals surface area contributed by atoms with Gasteiger partial charge >= 0.3 is 0 Å². The van der Waals surface area contributed by atoms with E-state index in [1.54, 1.807) is 31.2 Å². The molecule has 4 rings (SSSR count). The van der Waals surface area contributed by atoms with Gasteiger partial charge in [-0.2, -0.15) is 0 Å². The third-order valence-electron chi connectivity index (χ3n) is 7.05. The molecule has 0 aliphatic heterocycles. The summed E-state index contributed by atoms with van der Waals surface area (Å²) in [7, 11) is 0. The second-order valence-electron chi connectivity index (χ2n) is 10.2. The van der Waals surface area contributed by atoms with Crippen LogP contribution in [0.25, 0.3) is 0 Å². The number of aliphatic hydroxyl groups is 1. The van der Waals surface area contributed by atoms with Gasteiger partial charge in [0.05, 0.1) is 6.10 Å². The molecule has 0 aliphatic carbocycles. The van der Waals surface area contributed by atoms with E-state index in [1.165, 1.54) is 11.3 Å². The van der Waals surface area contributed by atoms with Crippen molar-refractivity contribution in [3.63, 3.8) is 0 Å². The van der Waals surface area contributed by atoms with Crippen molar-refractivity contribution in [2.24, 2.45) is 0 Å². The van der Waals surface area contributed by atoms with E-state index >= 15 is 0 Å². The Morgan fingerprint density at radius 2 is 1.66 bits per heavy atom. The van der Waals surface area contributed by atoms with E-state index in [4.69, 9.17) is 4.42 Å². The van der Waals surface area contributed by atoms with Gasteiger partial charge in [0.1, 0.15) is 5.76 Å². The molecule has 2 amide bonds. The number of carbonyl (C=O) groups is 2. The van der Waals surface area contributed by atoms with Crippen molar-refractivity contribution in [1.82, 2.24) is 5.32 Å². The third kappa shape index (κ3) is 8.08. The van der Waals surface area contributed by atoms with Crippen LogP contribution in [0.5, 0.6) is 0 Å². The van der Waals surface area contributed by atoms with E-state index in [-0.39, 0.29) is 24.1 Å². The first-order valence-corrected chi connectivity index (χ1v) is 14.2. The fourth-order valence-corrected chi connectivity index (χ4v) is 4.88.